The molecule has 80 heavy (non-hydrogen) atoms. The van der Waals surface area contributed by atoms with Gasteiger partial charge in [0.15, 0.2) is 6.10 Å². The van der Waals surface area contributed by atoms with Crippen LogP contribution in [0.3, 0.4) is 0 Å². The van der Waals surface area contributed by atoms with E-state index in [1.54, 1.807) is 65.6 Å². The fraction of sp³-hybridized carbons (Fsp3) is 0.661. The van der Waals surface area contributed by atoms with Crippen LogP contribution in [0, 0.1) is 23.7 Å². The molecule has 0 aliphatic carbocycles. The van der Waals surface area contributed by atoms with Gasteiger partial charge in [0.2, 0.25) is 35.8 Å². The Hall–Kier alpha value is -5.99. The summed E-state index contributed by atoms with van der Waals surface area (Å²) in [6.07, 6.45) is -11.3. The van der Waals surface area contributed by atoms with Gasteiger partial charge in [-0.1, -0.05) is 91.3 Å². The van der Waals surface area contributed by atoms with Gasteiger partial charge in [0.1, 0.15) is 42.8 Å². The van der Waals surface area contributed by atoms with Crippen molar-refractivity contribution in [1.82, 2.24) is 25.3 Å². The number of nitrogens with one attached hydrogen (secondary N) is 3. The number of methoxy groups -OCH3 is 2. The fourth-order valence-electron chi connectivity index (χ4n) is 10.4. The third-order valence-electron chi connectivity index (χ3n) is 15.2. The van der Waals surface area contributed by atoms with E-state index in [9.17, 15) is 59.1 Å². The first-order chi connectivity index (χ1) is 37.7. The summed E-state index contributed by atoms with van der Waals surface area (Å²) in [6.45, 7) is 14.4. The van der Waals surface area contributed by atoms with Crippen molar-refractivity contribution in [2.24, 2.45) is 29.4 Å². The lowest BCUT2D eigenvalue weighted by Crippen LogP contribution is -2.61. The molecule has 0 radical (unpaired) electrons. The number of carboxylic acid groups (broad SMARTS) is 1. The van der Waals surface area contributed by atoms with E-state index in [1.807, 2.05) is 32.0 Å². The van der Waals surface area contributed by atoms with Crippen LogP contribution in [0.15, 0.2) is 48.5 Å². The maximum atomic E-state index is 14.7. The first-order valence-corrected chi connectivity index (χ1v) is 27.3. The molecule has 24 nitrogen and oxygen atoms in total. The molecule has 0 bridgehead atoms. The Morgan fingerprint density at radius 3 is 2.09 bits per heavy atom. The molecule has 0 spiro atoms. The topological polar surface area (TPSA) is 339 Å². The Balaban J connectivity index is 1.47. The number of ether oxygens (including phenoxy) is 5. The molecule has 2 aliphatic rings. The minimum absolute atomic E-state index is 0.0190. The summed E-state index contributed by atoms with van der Waals surface area (Å²) in [7, 11) is 5.97. The van der Waals surface area contributed by atoms with Gasteiger partial charge in [-0.15, -0.1) is 0 Å². The highest BCUT2D eigenvalue weighted by Gasteiger charge is 2.49. The number of aliphatic hydroxyl groups excluding tert-OH is 4. The van der Waals surface area contributed by atoms with Gasteiger partial charge in [0.05, 0.1) is 54.5 Å². The maximum absolute atomic E-state index is 14.7. The number of benzene rings is 2. The van der Waals surface area contributed by atoms with Gasteiger partial charge in [0, 0.05) is 47.8 Å². The third kappa shape index (κ3) is 16.8. The Labute approximate surface area is 468 Å². The zero-order valence-electron chi connectivity index (χ0n) is 48.1. The Morgan fingerprint density at radius 2 is 1.51 bits per heavy atom. The monoisotopic (exact) mass is 1130 g/mol. The summed E-state index contributed by atoms with van der Waals surface area (Å²) in [6, 6.07) is 9.20. The minimum Gasteiger partial charge on any atom is -0.479 e. The zero-order valence-corrected chi connectivity index (χ0v) is 48.1. The van der Waals surface area contributed by atoms with E-state index in [0.717, 1.165) is 4.90 Å². The molecule has 448 valence electrons. The maximum Gasteiger partial charge on any atom is 0.410 e. The van der Waals surface area contributed by atoms with E-state index in [4.69, 9.17) is 29.4 Å². The van der Waals surface area contributed by atoms with E-state index < -0.39 is 133 Å². The lowest BCUT2D eigenvalue weighted by molar-refractivity contribution is -0.271. The van der Waals surface area contributed by atoms with E-state index in [0.29, 0.717) is 36.9 Å². The van der Waals surface area contributed by atoms with Crippen molar-refractivity contribution >= 4 is 47.3 Å². The number of amides is 6. The van der Waals surface area contributed by atoms with E-state index in [2.05, 4.69) is 16.0 Å². The highest BCUT2D eigenvalue weighted by molar-refractivity contribution is 5.93. The molecule has 2 fully saturated rings. The number of likely N-dealkylation sites (N-methyl/N-ethyl adjacent to an activating group) is 2. The SMILES string of the molecule is CC[C@H](C)[C@@H]([C@@H](CC(=O)N1CCC[C@H]1[C@H](OC)[C@@H](C)C(=O)N[C@H](C)[C@@H](O)c1ccccc1)OC)N(C)C(=O)[C@@H](NC(=O)[C@H](C(C)C)N(C)C(=O)OCc1ccc(O[C@@H]2OC(C(=O)O)[C@@H](O)[C@H](O)C2O)c(NC(=O)CCN)c1)C(C)C. The molecule has 2 aromatic carbocycles. The second-order valence-corrected chi connectivity index (χ2v) is 21.6. The molecular formula is C56H87N7O17. The van der Waals surface area contributed by atoms with Gasteiger partial charge in [0.25, 0.3) is 0 Å². The van der Waals surface area contributed by atoms with Crippen molar-refractivity contribution in [3.8, 4) is 5.75 Å². The van der Waals surface area contributed by atoms with Crippen LogP contribution in [-0.4, -0.2) is 196 Å². The van der Waals surface area contributed by atoms with Crippen molar-refractivity contribution in [2.45, 2.75) is 173 Å². The van der Waals surface area contributed by atoms with Crippen LogP contribution in [0.2, 0.25) is 0 Å². The van der Waals surface area contributed by atoms with Gasteiger partial charge in [-0.2, -0.15) is 0 Å². The molecule has 10 N–H and O–H groups in total. The van der Waals surface area contributed by atoms with Crippen LogP contribution in [0.25, 0.3) is 0 Å². The number of likely N-dealkylation sites (tertiary alicyclic amines) is 1. The molecule has 2 heterocycles. The average molecular weight is 1130 g/mol. The number of nitrogens with two attached hydrogens (primary N) is 1. The van der Waals surface area contributed by atoms with Gasteiger partial charge >= 0.3 is 12.1 Å². The number of rotatable bonds is 28. The summed E-state index contributed by atoms with van der Waals surface area (Å²) in [4.78, 5) is 99.7. The van der Waals surface area contributed by atoms with E-state index >= 15 is 0 Å². The van der Waals surface area contributed by atoms with Gasteiger partial charge < -0.3 is 80.7 Å². The summed E-state index contributed by atoms with van der Waals surface area (Å²) >= 11 is 0. The van der Waals surface area contributed by atoms with Crippen molar-refractivity contribution in [3.05, 3.63) is 59.7 Å². The molecule has 15 atom stereocenters. The van der Waals surface area contributed by atoms with Crippen LogP contribution >= 0.6 is 0 Å². The molecule has 0 saturated carbocycles. The Morgan fingerprint density at radius 1 is 0.850 bits per heavy atom. The standard InChI is InChI=1S/C56H87N7O17/c1-13-31(6)44(39(76-11)27-41(65)63-25-17-20-37(63)49(77-12)32(7)51(70)58-33(8)45(66)35-18-15-14-16-19-35)61(9)53(72)42(29(2)3)60-52(71)43(30(4)5)62(10)56(75)78-28-34-21-22-38(36(26-34)59-40(64)23-24-57)79-55-48(69)46(67)47(68)50(80-55)54(73)74/h14-16,18-19,21-22,26,29-33,37,39,42-50,55,66-69H,13,17,20,23-25,27-28,57H2,1-12H3,(H,58,70)(H,59,64)(H,60,71)(H,73,74)/t31-,32+,33+,37-,39+,42-,43-,44-,45+,46-,47-,48?,49+,50?,55+/m0/s1. The van der Waals surface area contributed by atoms with Crippen molar-refractivity contribution in [3.63, 3.8) is 0 Å². The number of carboxylic acids is 1. The predicted octanol–water partition coefficient (Wildman–Crippen LogP) is 2.14. The van der Waals surface area contributed by atoms with E-state index in [-0.39, 0.29) is 48.6 Å². The molecule has 0 aromatic heterocycles. The smallest absolute Gasteiger partial charge is 0.410 e. The molecule has 2 aromatic rings. The van der Waals surface area contributed by atoms with Crippen LogP contribution in [0.4, 0.5) is 10.5 Å². The molecule has 24 heteroatoms. The molecule has 6 amide bonds. The van der Waals surface area contributed by atoms with Crippen LogP contribution in [0.1, 0.15) is 105 Å². The van der Waals surface area contributed by atoms with Gasteiger partial charge in [-0.3, -0.25) is 28.9 Å². The quantitative estimate of drug-likeness (QED) is 0.0589. The third-order valence-corrected chi connectivity index (χ3v) is 15.2. The first kappa shape index (κ1) is 66.5. The number of aliphatic hydroxyl groups is 4. The van der Waals surface area contributed by atoms with Crippen LogP contribution in [-0.2, 0) is 54.3 Å². The van der Waals surface area contributed by atoms with Crippen molar-refractivity contribution < 1.29 is 82.8 Å². The predicted molar refractivity (Wildman–Crippen MR) is 292 cm³/mol. The number of hydrogen-bond acceptors (Lipinski definition) is 17. The fourth-order valence-corrected chi connectivity index (χ4v) is 10.4. The second-order valence-electron chi connectivity index (χ2n) is 21.6. The highest BCUT2D eigenvalue weighted by Crippen LogP contribution is 2.33. The van der Waals surface area contributed by atoms with Crippen LogP contribution in [0.5, 0.6) is 5.75 Å². The Bertz CT molecular complexity index is 2380. The highest BCUT2D eigenvalue weighted by atomic mass is 16.7. The van der Waals surface area contributed by atoms with Crippen molar-refractivity contribution in [1.29, 1.82) is 0 Å². The number of hydrogen-bond donors (Lipinski definition) is 9. The second kappa shape index (κ2) is 30.7. The summed E-state index contributed by atoms with van der Waals surface area (Å²) in [5, 5.41) is 59.8. The number of aliphatic carboxylic acids is 1. The molecule has 2 unspecified atom stereocenters. The number of anilines is 1. The zero-order chi connectivity index (χ0) is 59.9. The van der Waals surface area contributed by atoms with Gasteiger partial charge in [-0.25, -0.2) is 9.59 Å². The van der Waals surface area contributed by atoms with Crippen molar-refractivity contribution in [2.75, 3.05) is 46.7 Å². The van der Waals surface area contributed by atoms with Crippen LogP contribution < -0.4 is 26.4 Å². The summed E-state index contributed by atoms with van der Waals surface area (Å²) in [5.74, 6) is -5.83. The number of carbonyl (C=O) groups excluding carboxylic acids is 6. The molecular weight excluding hydrogens is 1040 g/mol. The average Bonchev–Trinajstić information content (AvgIpc) is 3.91. The van der Waals surface area contributed by atoms with Gasteiger partial charge in [-0.05, 0) is 60.8 Å². The number of carbonyl (C=O) groups is 7. The first-order valence-electron chi connectivity index (χ1n) is 27.3. The molecule has 2 aliphatic heterocycles. The summed E-state index contributed by atoms with van der Waals surface area (Å²) < 4.78 is 28.6. The largest absolute Gasteiger partial charge is 0.479 e. The molecule has 4 rings (SSSR count). The minimum atomic E-state index is -1.97. The molecule has 2 saturated heterocycles. The summed E-state index contributed by atoms with van der Waals surface area (Å²) in [5.41, 5.74) is 6.50. The normalized spacial score (nSPS) is 22.6. The Kier molecular flexibility index (Phi) is 25.5. The van der Waals surface area contributed by atoms with E-state index in [1.165, 1.54) is 44.4 Å². The number of nitrogens with zero attached hydrogens (tertiary/aromatic N) is 3. The lowest BCUT2D eigenvalue weighted by Gasteiger charge is -2.41. The lowest BCUT2D eigenvalue weighted by atomic mass is 9.89.